The van der Waals surface area contributed by atoms with Crippen LogP contribution in [-0.4, -0.2) is 30.9 Å². The van der Waals surface area contributed by atoms with Gasteiger partial charge in [-0.1, -0.05) is 0 Å². The van der Waals surface area contributed by atoms with Crippen LogP contribution < -0.4 is 0 Å². The summed E-state index contributed by atoms with van der Waals surface area (Å²) in [5.74, 6) is -0.812. The zero-order valence-corrected chi connectivity index (χ0v) is 8.45. The molecular formula is C10H9N3O3. The van der Waals surface area contributed by atoms with Crippen LogP contribution in [0.2, 0.25) is 0 Å². The molecule has 6 nitrogen and oxygen atoms in total. The summed E-state index contributed by atoms with van der Waals surface area (Å²) in [5.41, 5.74) is 0.592. The molecule has 0 amide bonds. The van der Waals surface area contributed by atoms with Crippen molar-refractivity contribution >= 4 is 5.97 Å². The maximum absolute atomic E-state index is 10.9. The van der Waals surface area contributed by atoms with Crippen LogP contribution >= 0.6 is 0 Å². The van der Waals surface area contributed by atoms with Crippen molar-refractivity contribution in [3.8, 4) is 11.7 Å². The summed E-state index contributed by atoms with van der Waals surface area (Å²) in [6.45, 7) is 1.62. The van der Waals surface area contributed by atoms with Gasteiger partial charge in [-0.15, -0.1) is 0 Å². The number of nitrogens with zero attached hydrogens (tertiary/aromatic N) is 3. The van der Waals surface area contributed by atoms with E-state index < -0.39 is 5.97 Å². The van der Waals surface area contributed by atoms with E-state index in [4.69, 9.17) is 5.11 Å². The minimum absolute atomic E-state index is 0.0851. The molecule has 82 valence electrons. The van der Waals surface area contributed by atoms with Crippen LogP contribution in [0.1, 0.15) is 15.9 Å². The summed E-state index contributed by atoms with van der Waals surface area (Å²) in [7, 11) is 0. The Morgan fingerprint density at radius 1 is 1.38 bits per heavy atom. The molecule has 2 N–H and O–H groups in total. The van der Waals surface area contributed by atoms with Crippen LogP contribution in [0.5, 0.6) is 5.88 Å². The van der Waals surface area contributed by atoms with E-state index in [0.29, 0.717) is 11.4 Å². The number of hydrogen-bond donors (Lipinski definition) is 2. The van der Waals surface area contributed by atoms with Crippen molar-refractivity contribution in [3.63, 3.8) is 0 Å². The molecule has 0 aromatic carbocycles. The van der Waals surface area contributed by atoms with Gasteiger partial charge < -0.3 is 10.2 Å². The highest BCUT2D eigenvalue weighted by molar-refractivity contribution is 5.90. The normalized spacial score (nSPS) is 10.3. The Morgan fingerprint density at radius 3 is 2.69 bits per heavy atom. The molecule has 2 rings (SSSR count). The van der Waals surface area contributed by atoms with Gasteiger partial charge in [-0.05, 0) is 13.0 Å². The summed E-state index contributed by atoms with van der Waals surface area (Å²) < 4.78 is 1.18. The van der Waals surface area contributed by atoms with Crippen LogP contribution in [0, 0.1) is 6.92 Å². The Hall–Kier alpha value is -2.37. The predicted molar refractivity (Wildman–Crippen MR) is 54.7 cm³/mol. The van der Waals surface area contributed by atoms with Crippen molar-refractivity contribution in [3.05, 3.63) is 35.7 Å². The highest BCUT2D eigenvalue weighted by Gasteiger charge is 2.14. The Morgan fingerprint density at radius 2 is 2.12 bits per heavy atom. The fourth-order valence-electron chi connectivity index (χ4n) is 1.43. The van der Waals surface area contributed by atoms with Gasteiger partial charge in [0.2, 0.25) is 5.88 Å². The molecule has 2 heterocycles. The molecule has 16 heavy (non-hydrogen) atoms. The molecule has 2 aromatic rings. The number of aromatic hydroxyl groups is 1. The Balaban J connectivity index is 2.63. The third kappa shape index (κ3) is 1.50. The Bertz CT molecular complexity index is 548. The smallest absolute Gasteiger partial charge is 0.336 e. The number of hydrogen-bond acceptors (Lipinski definition) is 4. The van der Waals surface area contributed by atoms with Gasteiger partial charge in [0.1, 0.15) is 0 Å². The monoisotopic (exact) mass is 219 g/mol. The molecule has 0 unspecified atom stereocenters. The van der Waals surface area contributed by atoms with Crippen molar-refractivity contribution < 1.29 is 15.0 Å². The zero-order valence-electron chi connectivity index (χ0n) is 8.45. The molecule has 0 aliphatic carbocycles. The van der Waals surface area contributed by atoms with E-state index in [0.717, 1.165) is 0 Å². The van der Waals surface area contributed by atoms with E-state index in [2.05, 4.69) is 10.1 Å². The molecule has 0 spiro atoms. The molecule has 0 bridgehead atoms. The maximum atomic E-state index is 10.9. The molecule has 0 aliphatic rings. The number of carboxylic acid groups (broad SMARTS) is 1. The van der Waals surface area contributed by atoms with Gasteiger partial charge in [-0.2, -0.15) is 9.78 Å². The molecule has 2 aromatic heterocycles. The molecular weight excluding hydrogens is 210 g/mol. The molecule has 0 aliphatic heterocycles. The number of carbonyl (C=O) groups is 1. The van der Waals surface area contributed by atoms with Crippen LogP contribution in [0.15, 0.2) is 24.5 Å². The SMILES string of the molecule is Cc1c(C(=O)O)ccnc1-n1nccc1O. The zero-order chi connectivity index (χ0) is 11.7. The van der Waals surface area contributed by atoms with Crippen molar-refractivity contribution in [1.29, 1.82) is 0 Å². The van der Waals surface area contributed by atoms with Crippen molar-refractivity contribution in [1.82, 2.24) is 14.8 Å². The van der Waals surface area contributed by atoms with E-state index in [1.807, 2.05) is 0 Å². The van der Waals surface area contributed by atoms with E-state index >= 15 is 0 Å². The molecule has 0 saturated heterocycles. The average molecular weight is 219 g/mol. The van der Waals surface area contributed by atoms with Gasteiger partial charge in [-0.3, -0.25) is 0 Å². The first-order valence-corrected chi connectivity index (χ1v) is 4.53. The molecule has 0 fully saturated rings. The van der Waals surface area contributed by atoms with E-state index in [-0.39, 0.29) is 11.4 Å². The summed E-state index contributed by atoms with van der Waals surface area (Å²) in [5, 5.41) is 22.3. The lowest BCUT2D eigenvalue weighted by molar-refractivity contribution is 0.0696. The summed E-state index contributed by atoms with van der Waals surface area (Å²) in [6, 6.07) is 2.80. The largest absolute Gasteiger partial charge is 0.493 e. The summed E-state index contributed by atoms with van der Waals surface area (Å²) in [6.07, 6.45) is 2.77. The topological polar surface area (TPSA) is 88.2 Å². The molecule has 6 heteroatoms. The molecule has 0 radical (unpaired) electrons. The van der Waals surface area contributed by atoms with E-state index in [1.165, 1.54) is 29.2 Å². The van der Waals surface area contributed by atoms with E-state index in [1.54, 1.807) is 6.92 Å². The lowest BCUT2D eigenvalue weighted by atomic mass is 10.1. The van der Waals surface area contributed by atoms with E-state index in [9.17, 15) is 9.90 Å². The van der Waals surface area contributed by atoms with Gasteiger partial charge in [0.15, 0.2) is 5.82 Å². The van der Waals surface area contributed by atoms with Gasteiger partial charge in [-0.25, -0.2) is 9.78 Å². The number of pyridine rings is 1. The van der Waals surface area contributed by atoms with Gasteiger partial charge in [0, 0.05) is 17.8 Å². The first-order chi connectivity index (χ1) is 7.61. The standard InChI is InChI=1S/C10H9N3O3/c1-6-7(10(15)16)2-4-11-9(6)13-8(14)3-5-12-13/h2-5,14H,1H3,(H,15,16). The minimum atomic E-state index is -1.03. The Kier molecular flexibility index (Phi) is 2.32. The van der Waals surface area contributed by atoms with Gasteiger partial charge in [0.25, 0.3) is 0 Å². The van der Waals surface area contributed by atoms with Gasteiger partial charge >= 0.3 is 5.97 Å². The average Bonchev–Trinajstić information content (AvgIpc) is 2.64. The minimum Gasteiger partial charge on any atom is -0.493 e. The lowest BCUT2D eigenvalue weighted by Gasteiger charge is -2.07. The number of aromatic carboxylic acids is 1. The van der Waals surface area contributed by atoms with Crippen molar-refractivity contribution in [2.75, 3.05) is 0 Å². The lowest BCUT2D eigenvalue weighted by Crippen LogP contribution is -2.07. The highest BCUT2D eigenvalue weighted by atomic mass is 16.4. The number of rotatable bonds is 2. The van der Waals surface area contributed by atoms with Crippen LogP contribution in [0.3, 0.4) is 0 Å². The summed E-state index contributed by atoms with van der Waals surface area (Å²) >= 11 is 0. The first kappa shape index (κ1) is 10.2. The van der Waals surface area contributed by atoms with Crippen LogP contribution in [-0.2, 0) is 0 Å². The third-order valence-electron chi connectivity index (χ3n) is 2.23. The second-order valence-corrected chi connectivity index (χ2v) is 3.21. The predicted octanol–water partition coefficient (Wildman–Crippen LogP) is 0.980. The third-order valence-corrected chi connectivity index (χ3v) is 2.23. The van der Waals surface area contributed by atoms with Crippen LogP contribution in [0.25, 0.3) is 5.82 Å². The second kappa shape index (κ2) is 3.65. The first-order valence-electron chi connectivity index (χ1n) is 4.53. The fourth-order valence-corrected chi connectivity index (χ4v) is 1.43. The Labute approximate surface area is 90.8 Å². The van der Waals surface area contributed by atoms with Crippen LogP contribution in [0.4, 0.5) is 0 Å². The number of carboxylic acids is 1. The second-order valence-electron chi connectivity index (χ2n) is 3.21. The van der Waals surface area contributed by atoms with Crippen molar-refractivity contribution in [2.45, 2.75) is 6.92 Å². The molecule has 0 atom stereocenters. The number of aromatic nitrogens is 3. The fraction of sp³-hybridized carbons (Fsp3) is 0.100. The van der Waals surface area contributed by atoms with Crippen molar-refractivity contribution in [2.24, 2.45) is 0 Å². The summed E-state index contributed by atoms with van der Waals surface area (Å²) in [4.78, 5) is 14.9. The quantitative estimate of drug-likeness (QED) is 0.785. The molecule has 0 saturated carbocycles. The highest BCUT2D eigenvalue weighted by Crippen LogP contribution is 2.19. The van der Waals surface area contributed by atoms with Gasteiger partial charge in [0.05, 0.1) is 11.8 Å². The maximum Gasteiger partial charge on any atom is 0.336 e.